The molecule has 0 aliphatic carbocycles. The largest absolute Gasteiger partial charge is 0.508 e. The molecule has 4 heteroatoms. The third-order valence-electron chi connectivity index (χ3n) is 1.40. The molecule has 0 radical (unpaired) electrons. The van der Waals surface area contributed by atoms with Gasteiger partial charge in [-0.1, -0.05) is 0 Å². The van der Waals surface area contributed by atoms with Crippen LogP contribution in [0.5, 0.6) is 5.75 Å². The zero-order valence-corrected chi connectivity index (χ0v) is 6.47. The molecule has 1 rings (SSSR count). The van der Waals surface area contributed by atoms with E-state index in [4.69, 9.17) is 10.5 Å². The lowest BCUT2D eigenvalue weighted by Crippen LogP contribution is -2.03. The smallest absolute Gasteiger partial charge is 0.215 e. The minimum Gasteiger partial charge on any atom is -0.508 e. The van der Waals surface area contributed by atoms with Gasteiger partial charge in [0, 0.05) is 6.07 Å². The van der Waals surface area contributed by atoms with Crippen molar-refractivity contribution in [3.63, 3.8) is 0 Å². The number of hydrogen-bond donors (Lipinski definition) is 2. The minimum atomic E-state index is -0.665. The second-order valence-corrected chi connectivity index (χ2v) is 2.20. The SMILES string of the molecule is COC(=N)c1ccc(O)cc1F. The van der Waals surface area contributed by atoms with Crippen LogP contribution in [0.1, 0.15) is 5.56 Å². The number of ether oxygens (including phenoxy) is 1. The Morgan fingerprint density at radius 3 is 2.75 bits per heavy atom. The molecule has 3 nitrogen and oxygen atoms in total. The van der Waals surface area contributed by atoms with Crippen LogP contribution >= 0.6 is 0 Å². The van der Waals surface area contributed by atoms with Crippen molar-refractivity contribution in [2.24, 2.45) is 0 Å². The molecule has 0 saturated heterocycles. The lowest BCUT2D eigenvalue weighted by Gasteiger charge is -2.03. The van der Waals surface area contributed by atoms with Crippen LogP contribution in [-0.4, -0.2) is 18.1 Å². The zero-order chi connectivity index (χ0) is 9.14. The lowest BCUT2D eigenvalue weighted by molar-refractivity contribution is 0.398. The van der Waals surface area contributed by atoms with E-state index in [0.717, 1.165) is 6.07 Å². The molecule has 0 aliphatic rings. The second kappa shape index (κ2) is 3.21. The van der Waals surface area contributed by atoms with Gasteiger partial charge in [-0.05, 0) is 12.1 Å². The molecule has 2 N–H and O–H groups in total. The van der Waals surface area contributed by atoms with Crippen molar-refractivity contribution >= 4 is 5.90 Å². The van der Waals surface area contributed by atoms with Gasteiger partial charge in [-0.15, -0.1) is 0 Å². The van der Waals surface area contributed by atoms with Crippen LogP contribution in [0.4, 0.5) is 4.39 Å². The number of methoxy groups -OCH3 is 1. The molecule has 0 amide bonds. The number of phenolic OH excluding ortho intramolecular Hbond substituents is 1. The predicted molar refractivity (Wildman–Crippen MR) is 41.9 cm³/mol. The second-order valence-electron chi connectivity index (χ2n) is 2.20. The van der Waals surface area contributed by atoms with Crippen LogP contribution in [-0.2, 0) is 4.74 Å². The molecule has 0 atom stereocenters. The number of nitrogens with one attached hydrogen (secondary N) is 1. The fourth-order valence-electron chi connectivity index (χ4n) is 0.798. The summed E-state index contributed by atoms with van der Waals surface area (Å²) in [5.74, 6) is -1.09. The summed E-state index contributed by atoms with van der Waals surface area (Å²) < 4.78 is 17.4. The summed E-state index contributed by atoms with van der Waals surface area (Å²) in [4.78, 5) is 0. The maximum atomic E-state index is 12.9. The Morgan fingerprint density at radius 2 is 2.25 bits per heavy atom. The van der Waals surface area contributed by atoms with E-state index in [2.05, 4.69) is 4.74 Å². The van der Waals surface area contributed by atoms with E-state index < -0.39 is 5.82 Å². The molecule has 1 aromatic rings. The molecular formula is C8H8FNO2. The van der Waals surface area contributed by atoms with Gasteiger partial charge in [-0.25, -0.2) is 4.39 Å². The Hall–Kier alpha value is -1.58. The summed E-state index contributed by atoms with van der Waals surface area (Å²) in [7, 11) is 1.29. The van der Waals surface area contributed by atoms with Crippen molar-refractivity contribution in [1.82, 2.24) is 0 Å². The highest BCUT2D eigenvalue weighted by atomic mass is 19.1. The average molecular weight is 169 g/mol. The van der Waals surface area contributed by atoms with Crippen molar-refractivity contribution in [2.75, 3.05) is 7.11 Å². The van der Waals surface area contributed by atoms with Gasteiger partial charge in [0.1, 0.15) is 11.6 Å². The Balaban J connectivity index is 3.09. The molecule has 12 heavy (non-hydrogen) atoms. The molecule has 0 heterocycles. The highest BCUT2D eigenvalue weighted by Gasteiger charge is 2.07. The monoisotopic (exact) mass is 169 g/mol. The maximum absolute atomic E-state index is 12.9. The molecule has 0 aliphatic heterocycles. The third-order valence-corrected chi connectivity index (χ3v) is 1.40. The van der Waals surface area contributed by atoms with E-state index in [1.54, 1.807) is 0 Å². The summed E-state index contributed by atoms with van der Waals surface area (Å²) in [6.07, 6.45) is 0. The number of rotatable bonds is 1. The number of benzene rings is 1. The number of halogens is 1. The predicted octanol–water partition coefficient (Wildman–Crippen LogP) is 1.50. The van der Waals surface area contributed by atoms with Gasteiger partial charge in [0.05, 0.1) is 12.7 Å². The molecule has 0 spiro atoms. The zero-order valence-electron chi connectivity index (χ0n) is 6.47. The van der Waals surface area contributed by atoms with E-state index >= 15 is 0 Å². The molecule has 0 fully saturated rings. The molecule has 0 aromatic heterocycles. The topological polar surface area (TPSA) is 53.3 Å². The number of hydrogen-bond acceptors (Lipinski definition) is 3. The number of aromatic hydroxyl groups is 1. The summed E-state index contributed by atoms with van der Waals surface area (Å²) in [6.45, 7) is 0. The first-order valence-electron chi connectivity index (χ1n) is 3.26. The van der Waals surface area contributed by atoms with Crippen molar-refractivity contribution in [3.05, 3.63) is 29.6 Å². The van der Waals surface area contributed by atoms with Gasteiger partial charge in [0.2, 0.25) is 5.90 Å². The molecule has 64 valence electrons. The van der Waals surface area contributed by atoms with E-state index in [1.165, 1.54) is 19.2 Å². The van der Waals surface area contributed by atoms with E-state index in [1.807, 2.05) is 0 Å². The molecule has 0 saturated carbocycles. The summed E-state index contributed by atoms with van der Waals surface area (Å²) >= 11 is 0. The van der Waals surface area contributed by atoms with Gasteiger partial charge >= 0.3 is 0 Å². The average Bonchev–Trinajstić information content (AvgIpc) is 2.03. The number of phenols is 1. The first kappa shape index (κ1) is 8.52. The van der Waals surface area contributed by atoms with Crippen molar-refractivity contribution in [2.45, 2.75) is 0 Å². The fraction of sp³-hybridized carbons (Fsp3) is 0.125. The normalized spacial score (nSPS) is 9.50. The van der Waals surface area contributed by atoms with E-state index in [9.17, 15) is 4.39 Å². The maximum Gasteiger partial charge on any atom is 0.215 e. The van der Waals surface area contributed by atoms with Crippen molar-refractivity contribution in [1.29, 1.82) is 5.41 Å². The van der Waals surface area contributed by atoms with Gasteiger partial charge in [0.15, 0.2) is 0 Å². The Labute approximate surface area is 68.9 Å². The summed E-state index contributed by atoms with van der Waals surface area (Å²) in [5.41, 5.74) is 0.0373. The first-order chi connectivity index (χ1) is 5.65. The van der Waals surface area contributed by atoms with Gasteiger partial charge in [-0.3, -0.25) is 5.41 Å². The molecule has 0 bridgehead atoms. The molecule has 0 unspecified atom stereocenters. The van der Waals surface area contributed by atoms with Crippen LogP contribution in [0, 0.1) is 11.2 Å². The highest BCUT2D eigenvalue weighted by Crippen LogP contribution is 2.15. The third kappa shape index (κ3) is 1.53. The highest BCUT2D eigenvalue weighted by molar-refractivity contribution is 5.91. The fourth-order valence-corrected chi connectivity index (χ4v) is 0.798. The Bertz CT molecular complexity index is 312. The summed E-state index contributed by atoms with van der Waals surface area (Å²) in [5, 5.41) is 16.0. The van der Waals surface area contributed by atoms with Crippen LogP contribution in [0.2, 0.25) is 0 Å². The van der Waals surface area contributed by atoms with Crippen LogP contribution < -0.4 is 0 Å². The van der Waals surface area contributed by atoms with Crippen LogP contribution in [0.3, 0.4) is 0 Å². The lowest BCUT2D eigenvalue weighted by atomic mass is 10.2. The van der Waals surface area contributed by atoms with Crippen molar-refractivity contribution < 1.29 is 14.2 Å². The van der Waals surface area contributed by atoms with E-state index in [-0.39, 0.29) is 17.2 Å². The quantitative estimate of drug-likeness (QED) is 0.494. The van der Waals surface area contributed by atoms with E-state index in [0.29, 0.717) is 0 Å². The first-order valence-corrected chi connectivity index (χ1v) is 3.26. The minimum absolute atomic E-state index is 0.0373. The molecular weight excluding hydrogens is 161 g/mol. The molecule has 1 aromatic carbocycles. The van der Waals surface area contributed by atoms with Gasteiger partial charge in [0.25, 0.3) is 0 Å². The van der Waals surface area contributed by atoms with Crippen LogP contribution in [0.15, 0.2) is 18.2 Å². The Morgan fingerprint density at radius 1 is 1.58 bits per heavy atom. The van der Waals surface area contributed by atoms with Gasteiger partial charge < -0.3 is 9.84 Å². The Kier molecular flexibility index (Phi) is 2.28. The van der Waals surface area contributed by atoms with Gasteiger partial charge in [-0.2, -0.15) is 0 Å². The standard InChI is InChI=1S/C8H8FNO2/c1-12-8(10)6-3-2-5(11)4-7(6)9/h2-4,10-11H,1H3. The van der Waals surface area contributed by atoms with Crippen molar-refractivity contribution in [3.8, 4) is 5.75 Å². The van der Waals surface area contributed by atoms with Crippen LogP contribution in [0.25, 0.3) is 0 Å². The summed E-state index contributed by atoms with van der Waals surface area (Å²) in [6, 6.07) is 3.52.